The van der Waals surface area contributed by atoms with Gasteiger partial charge in [0.1, 0.15) is 48.6 Å². The highest BCUT2D eigenvalue weighted by molar-refractivity contribution is 7.91. The van der Waals surface area contributed by atoms with E-state index in [9.17, 15) is 62.4 Å². The Hall–Kier alpha value is -8.05. The third-order valence-corrected chi connectivity index (χ3v) is 25.6. The van der Waals surface area contributed by atoms with E-state index in [0.717, 1.165) is 27.2 Å². The summed E-state index contributed by atoms with van der Waals surface area (Å²) in [6.45, 7) is 18.1. The maximum absolute atomic E-state index is 14.7. The number of rotatable bonds is 39. The number of pyridine rings is 1. The number of aryl methyl sites for hydroxylation is 1. The summed E-state index contributed by atoms with van der Waals surface area (Å²) in [6, 6.07) is 11.6. The van der Waals surface area contributed by atoms with Gasteiger partial charge < -0.3 is 119 Å². The van der Waals surface area contributed by atoms with Crippen LogP contribution in [-0.2, 0) is 102 Å². The topological polar surface area (TPSA) is 459 Å². The van der Waals surface area contributed by atoms with E-state index in [1.54, 1.807) is 65.0 Å². The number of carbonyl (C=O) groups is 7. The Kier molecular flexibility index (Phi) is 45.0. The molecule has 4 amide bonds. The standard InChI is InChI=1S/C93H139N7O27S/c1-61-15-11-10-12-16-62(2)80(114-8)57-72-22-18-67(7)93(111,127-72)88(106)90(108)100-31-14-13-17-76(100)91(109)125-81(58-77(101)64(4)52-66(6)86(104)87(105)85(103)65(5)51-61)75(94)54-68-19-25-79(82(55-68)115-9)126-92(110)97-29-34-117-37-39-119-41-43-121-45-47-123-49-48-122-46-44-120-42-40-118-38-36-116-33-28-84(102)96-30-50-128(112,113)73-23-24-74(63(3)53-73)89(107)99-32-35-124-78-26-20-69(56-71(78)60-99)70-21-27-83(95)98-59-70/h10-12,15-16,20-21,23-24,26-27,52-53,56,59,61,64-65,67-68,72,75-77,79-82,86-87,101,104-105,111H,13-14,17-19,22,25,28-51,54-55,57-58,60,94H2,1-9H3,(H2,95,98)(H,96,102)(H,97,110)/b12-10?,15-11+,62-16?,66-52+/t61-,64-,65-,67-,68+,72+,75-,76+,77-,79-,80+,81+,82-,86-,87+,93-/m1/s1. The van der Waals surface area contributed by atoms with Crippen molar-refractivity contribution in [1.29, 1.82) is 0 Å². The van der Waals surface area contributed by atoms with E-state index in [-0.39, 0.29) is 118 Å². The van der Waals surface area contributed by atoms with E-state index in [4.69, 9.17) is 77.8 Å². The fraction of sp³-hybridized carbons (Fsp3) is 0.656. The highest BCUT2D eigenvalue weighted by atomic mass is 32.2. The van der Waals surface area contributed by atoms with Crippen molar-refractivity contribution in [2.45, 2.75) is 210 Å². The predicted octanol–water partition coefficient (Wildman–Crippen LogP) is 6.84. The number of fused-ring (bicyclic) bond motifs is 4. The maximum atomic E-state index is 14.7. The van der Waals surface area contributed by atoms with Gasteiger partial charge in [0.05, 0.1) is 147 Å². The Bertz CT molecular complexity index is 4230. The van der Waals surface area contributed by atoms with Gasteiger partial charge in [-0.3, -0.25) is 24.0 Å². The molecule has 128 heavy (non-hydrogen) atoms. The van der Waals surface area contributed by atoms with E-state index in [0.29, 0.717) is 173 Å². The van der Waals surface area contributed by atoms with Crippen LogP contribution in [0.5, 0.6) is 5.75 Å². The minimum atomic E-state index is -3.79. The van der Waals surface area contributed by atoms with E-state index < -0.39 is 124 Å². The first-order valence-corrected chi connectivity index (χ1v) is 46.5. The van der Waals surface area contributed by atoms with E-state index in [1.807, 2.05) is 68.5 Å². The van der Waals surface area contributed by atoms with Gasteiger partial charge >= 0.3 is 12.1 Å². The fourth-order valence-corrected chi connectivity index (χ4v) is 17.5. The number of nitrogens with two attached hydrogens (primary N) is 2. The molecule has 34 nitrogen and oxygen atoms in total. The van der Waals surface area contributed by atoms with Crippen LogP contribution in [0.25, 0.3) is 11.1 Å². The number of ether oxygens (including phenoxy) is 14. The monoisotopic (exact) mass is 1820 g/mol. The number of sulfone groups is 1. The molecule has 4 aliphatic heterocycles. The number of alkyl carbamates (subject to hydrolysis) is 1. The van der Waals surface area contributed by atoms with Gasteiger partial charge in [-0.2, -0.15) is 0 Å². The average Bonchev–Trinajstić information content (AvgIpc) is 0.807. The second-order valence-corrected chi connectivity index (χ2v) is 35.8. The molecule has 3 aromatic rings. The number of aliphatic hydroxyl groups excluding tert-OH is 3. The van der Waals surface area contributed by atoms with Crippen molar-refractivity contribution >= 4 is 57.0 Å². The van der Waals surface area contributed by atoms with Gasteiger partial charge in [-0.05, 0) is 162 Å². The number of piperidine rings is 1. The summed E-state index contributed by atoms with van der Waals surface area (Å²) >= 11 is 0. The third kappa shape index (κ3) is 33.7. The molecule has 10 N–H and O–H groups in total. The van der Waals surface area contributed by atoms with E-state index in [1.165, 1.54) is 25.3 Å². The Balaban J connectivity index is 0.638. The van der Waals surface area contributed by atoms with E-state index in [2.05, 4.69) is 15.6 Å². The lowest BCUT2D eigenvalue weighted by Gasteiger charge is -2.42. The number of aliphatic hydroxyl groups is 4. The number of ketones is 2. The number of cyclic esters (lactones) is 1. The summed E-state index contributed by atoms with van der Waals surface area (Å²) in [7, 11) is -0.721. The summed E-state index contributed by atoms with van der Waals surface area (Å²) in [5.41, 5.74) is 17.4. The zero-order chi connectivity index (χ0) is 92.7. The molecule has 2 saturated heterocycles. The smallest absolute Gasteiger partial charge is 0.407 e. The van der Waals surface area contributed by atoms with Crippen molar-refractivity contribution < 1.29 is 129 Å². The molecular weight excluding hydrogens is 1680 g/mol. The molecule has 16 atom stereocenters. The predicted molar refractivity (Wildman–Crippen MR) is 474 cm³/mol. The third-order valence-electron chi connectivity index (χ3n) is 23.9. The highest BCUT2D eigenvalue weighted by Gasteiger charge is 2.53. The van der Waals surface area contributed by atoms with E-state index >= 15 is 0 Å². The molecule has 8 rings (SSSR count). The molecule has 0 unspecified atom stereocenters. The SMILES string of the molecule is CO[C@H]1C[C@@H]2CC[C@@H](C)[C@@](O)(O2)C(=O)C(=O)N2CCCC[C@H]2C(=O)O[C@H]([C@H](N)C[C@@H]2CC[C@@H](OC(=O)NCCOCCOCCOCCOCCOCCOCCOCCOCCC(=O)NCCS(=O)(=O)c3ccc(C(=O)N4CCOc5ccc(-c6ccc(N)nc6)cc5C4)c(C)c3)[C@H](OC)C2)C[C@@H](O)[C@H](C)/C=C(\C)[C@@H](O)[C@@H](O)C(=O)[C@H](C)C[C@H](C)/C=C/C=CC=C1C. The van der Waals surface area contributed by atoms with Crippen LogP contribution in [0.15, 0.2) is 107 Å². The second-order valence-electron chi connectivity index (χ2n) is 33.7. The maximum Gasteiger partial charge on any atom is 0.407 e. The number of nitrogens with zero attached hydrogens (tertiary/aromatic N) is 3. The molecule has 2 bridgehead atoms. The van der Waals surface area contributed by atoms with Crippen molar-refractivity contribution in [3.05, 3.63) is 119 Å². The Morgan fingerprint density at radius 3 is 1.95 bits per heavy atom. The van der Waals surface area contributed by atoms with Crippen LogP contribution in [0.2, 0.25) is 0 Å². The number of allylic oxidation sites excluding steroid dienone is 5. The van der Waals surface area contributed by atoms with Crippen molar-refractivity contribution in [3.63, 3.8) is 0 Å². The average molecular weight is 1820 g/mol. The van der Waals surface area contributed by atoms with Gasteiger partial charge in [0.15, 0.2) is 15.6 Å². The number of hydrogen-bond donors (Lipinski definition) is 8. The number of nitrogens with one attached hydrogen (secondary N) is 2. The van der Waals surface area contributed by atoms with Gasteiger partial charge in [0.2, 0.25) is 11.7 Å². The lowest BCUT2D eigenvalue weighted by atomic mass is 9.80. The lowest BCUT2D eigenvalue weighted by molar-refractivity contribution is -0.265. The first-order valence-electron chi connectivity index (χ1n) is 44.9. The summed E-state index contributed by atoms with van der Waals surface area (Å²) in [4.78, 5) is 104. The molecule has 0 radical (unpaired) electrons. The zero-order valence-corrected chi connectivity index (χ0v) is 76.7. The summed E-state index contributed by atoms with van der Waals surface area (Å²) in [6.07, 6.45) is 7.85. The Labute approximate surface area is 753 Å². The molecule has 1 aliphatic carbocycles. The second kappa shape index (κ2) is 54.7. The Morgan fingerprint density at radius 2 is 1.32 bits per heavy atom. The molecule has 5 heterocycles. The molecule has 714 valence electrons. The molecule has 1 aromatic heterocycles. The van der Waals surface area contributed by atoms with Gasteiger partial charge in [-0.15, -0.1) is 0 Å². The van der Waals surface area contributed by atoms with Crippen LogP contribution in [0.3, 0.4) is 0 Å². The molecule has 0 spiro atoms. The van der Waals surface area contributed by atoms with Crippen LogP contribution in [0.1, 0.15) is 146 Å². The summed E-state index contributed by atoms with van der Waals surface area (Å²) in [5, 5.41) is 51.9. The number of carbonyl (C=O) groups excluding carboxylic acids is 7. The van der Waals surface area contributed by atoms with Crippen LogP contribution in [0.4, 0.5) is 10.6 Å². The molecule has 3 fully saturated rings. The van der Waals surface area contributed by atoms with Crippen LogP contribution in [-0.4, -0.2) is 310 Å². The summed E-state index contributed by atoms with van der Waals surface area (Å²) in [5.74, 6) is -8.38. The summed E-state index contributed by atoms with van der Waals surface area (Å²) < 4.78 is 107. The number of hydrogen-bond acceptors (Lipinski definition) is 30. The van der Waals surface area contributed by atoms with Gasteiger partial charge in [0, 0.05) is 106 Å². The number of esters is 1. The van der Waals surface area contributed by atoms with Crippen LogP contribution < -0.4 is 26.8 Å². The quantitative estimate of drug-likeness (QED) is 0.0125. The fourth-order valence-electron chi connectivity index (χ4n) is 16.2. The van der Waals surface area contributed by atoms with Crippen molar-refractivity contribution in [2.75, 3.05) is 164 Å². The zero-order valence-electron chi connectivity index (χ0n) is 75.9. The number of anilines is 1. The van der Waals surface area contributed by atoms with Crippen molar-refractivity contribution in [1.82, 2.24) is 25.4 Å². The first kappa shape index (κ1) is 105. The molecule has 2 aromatic carbocycles. The molecular formula is C93H139N7O27S. The minimum Gasteiger partial charge on any atom is -0.491 e. The number of benzene rings is 2. The molecule has 35 heteroatoms. The van der Waals surface area contributed by atoms with Crippen LogP contribution >= 0.6 is 0 Å². The first-order chi connectivity index (χ1) is 61.4. The normalized spacial score (nSPS) is 26.8. The highest BCUT2D eigenvalue weighted by Crippen LogP contribution is 2.39. The van der Waals surface area contributed by atoms with Crippen LogP contribution in [0, 0.1) is 36.5 Å². The molecule has 1 saturated carbocycles. The van der Waals surface area contributed by atoms with Gasteiger partial charge in [-0.25, -0.2) is 23.0 Å². The minimum absolute atomic E-state index is 0.0104. The number of nitrogen functional groups attached to an aromatic ring is 1. The molecule has 5 aliphatic rings. The Morgan fingerprint density at radius 1 is 0.672 bits per heavy atom. The largest absolute Gasteiger partial charge is 0.491 e. The number of Topliss-reactive ketones (excluding diaryl/α,β-unsaturated/α-hetero) is 2. The number of methoxy groups -OCH3 is 2. The number of aromatic nitrogens is 1. The van der Waals surface area contributed by atoms with Gasteiger partial charge in [0.25, 0.3) is 17.6 Å². The van der Waals surface area contributed by atoms with Crippen molar-refractivity contribution in [3.8, 4) is 16.9 Å². The lowest BCUT2D eigenvalue weighted by Crippen LogP contribution is -2.61. The van der Waals surface area contributed by atoms with Gasteiger partial charge in [-0.1, -0.05) is 70.2 Å². The van der Waals surface area contributed by atoms with Crippen molar-refractivity contribution in [2.24, 2.45) is 35.3 Å². The number of amides is 4.